The largest absolute Gasteiger partial charge is 0.384 e. The molecule has 0 N–H and O–H groups in total. The van der Waals surface area contributed by atoms with Gasteiger partial charge in [0.05, 0.1) is 0 Å². The van der Waals surface area contributed by atoms with Gasteiger partial charge >= 0.3 is 5.82 Å². The van der Waals surface area contributed by atoms with Gasteiger partial charge in [0, 0.05) is 18.8 Å². The number of aryl methyl sites for hydroxylation is 1. The van der Waals surface area contributed by atoms with Crippen molar-refractivity contribution >= 4 is 17.4 Å². The first-order chi connectivity index (χ1) is 6.02. The molecule has 1 aromatic rings. The summed E-state index contributed by atoms with van der Waals surface area (Å²) in [4.78, 5) is 13.7. The molecule has 1 rings (SSSR count). The minimum absolute atomic E-state index is 0.102. The lowest BCUT2D eigenvalue weighted by molar-refractivity contribution is -0.390. The topological polar surface area (TPSA) is 61.0 Å². The minimum Gasteiger partial charge on any atom is -0.358 e. The molecule has 0 aliphatic heterocycles. The highest BCUT2D eigenvalue weighted by Crippen LogP contribution is 2.18. The van der Waals surface area contributed by atoms with E-state index < -0.39 is 4.92 Å². The summed E-state index contributed by atoms with van der Waals surface area (Å²) < 4.78 is 1.62. The van der Waals surface area contributed by atoms with Gasteiger partial charge in [-0.1, -0.05) is 0 Å². The number of aromatic nitrogens is 2. The molecule has 0 bridgehead atoms. The van der Waals surface area contributed by atoms with Crippen LogP contribution in [0.4, 0.5) is 5.82 Å². The molecule has 1 atom stereocenters. The minimum atomic E-state index is -0.491. The Hall–Kier alpha value is -1.10. The molecule has 0 aliphatic rings. The van der Waals surface area contributed by atoms with Gasteiger partial charge in [0.25, 0.3) is 0 Å². The van der Waals surface area contributed by atoms with E-state index in [1.54, 1.807) is 18.5 Å². The van der Waals surface area contributed by atoms with Crippen molar-refractivity contribution < 1.29 is 4.92 Å². The zero-order valence-corrected chi connectivity index (χ0v) is 8.15. The number of hydrogen-bond acceptors (Lipinski definition) is 3. The maximum absolute atomic E-state index is 10.5. The van der Waals surface area contributed by atoms with Crippen molar-refractivity contribution in [3.05, 3.63) is 22.1 Å². The van der Waals surface area contributed by atoms with Gasteiger partial charge in [-0.05, 0) is 16.8 Å². The summed E-state index contributed by atoms with van der Waals surface area (Å²) in [6, 6.07) is 0. The molecule has 0 fully saturated rings. The molecule has 13 heavy (non-hydrogen) atoms. The monoisotopic (exact) mass is 203 g/mol. The highest BCUT2D eigenvalue weighted by molar-refractivity contribution is 6.20. The first-order valence-corrected chi connectivity index (χ1v) is 4.24. The van der Waals surface area contributed by atoms with Crippen molar-refractivity contribution in [2.75, 3.05) is 0 Å². The van der Waals surface area contributed by atoms with Crippen molar-refractivity contribution in [2.24, 2.45) is 7.05 Å². The van der Waals surface area contributed by atoms with Crippen LogP contribution < -0.4 is 0 Å². The van der Waals surface area contributed by atoms with Crippen LogP contribution in [0.25, 0.3) is 0 Å². The van der Waals surface area contributed by atoms with Gasteiger partial charge in [0.15, 0.2) is 0 Å². The third kappa shape index (κ3) is 2.18. The summed E-state index contributed by atoms with van der Waals surface area (Å²) in [5.41, 5.74) is 0.563. The molecular weight excluding hydrogens is 194 g/mol. The van der Waals surface area contributed by atoms with Crippen molar-refractivity contribution in [3.63, 3.8) is 0 Å². The molecule has 0 aliphatic carbocycles. The molecule has 0 amide bonds. The van der Waals surface area contributed by atoms with E-state index in [4.69, 9.17) is 11.6 Å². The van der Waals surface area contributed by atoms with E-state index in [0.717, 1.165) is 0 Å². The van der Waals surface area contributed by atoms with Crippen LogP contribution in [0, 0.1) is 10.1 Å². The second-order valence-corrected chi connectivity index (χ2v) is 3.61. The Labute approximate surface area is 80.5 Å². The lowest BCUT2D eigenvalue weighted by Crippen LogP contribution is -2.05. The van der Waals surface area contributed by atoms with E-state index in [-0.39, 0.29) is 11.2 Å². The number of nitro groups is 1. The smallest absolute Gasteiger partial charge is 0.358 e. The second kappa shape index (κ2) is 3.74. The highest BCUT2D eigenvalue weighted by atomic mass is 35.5. The van der Waals surface area contributed by atoms with Gasteiger partial charge in [-0.3, -0.25) is 0 Å². The molecule has 1 aromatic heterocycles. The van der Waals surface area contributed by atoms with Gasteiger partial charge in [-0.2, -0.15) is 0 Å². The fourth-order valence-corrected chi connectivity index (χ4v) is 1.24. The van der Waals surface area contributed by atoms with E-state index in [1.807, 2.05) is 0 Å². The van der Waals surface area contributed by atoms with Crippen LogP contribution in [0.5, 0.6) is 0 Å². The molecule has 0 saturated heterocycles. The normalized spacial score (nSPS) is 12.8. The molecule has 72 valence electrons. The Morgan fingerprint density at radius 3 is 2.92 bits per heavy atom. The summed E-state index contributed by atoms with van der Waals surface area (Å²) in [6.07, 6.45) is 1.88. The molecule has 1 heterocycles. The number of hydrogen-bond donors (Lipinski definition) is 0. The number of rotatable bonds is 3. The highest BCUT2D eigenvalue weighted by Gasteiger charge is 2.20. The number of halogens is 1. The molecule has 0 radical (unpaired) electrons. The Bertz CT molecular complexity index is 322. The molecular formula is C7H10ClN3O2. The van der Waals surface area contributed by atoms with Crippen molar-refractivity contribution in [3.8, 4) is 0 Å². The summed E-state index contributed by atoms with van der Waals surface area (Å²) in [5.74, 6) is -0.102. The summed E-state index contributed by atoms with van der Waals surface area (Å²) in [7, 11) is 1.72. The summed E-state index contributed by atoms with van der Waals surface area (Å²) in [6.45, 7) is 1.79. The van der Waals surface area contributed by atoms with E-state index in [9.17, 15) is 10.1 Å². The number of nitrogens with zero attached hydrogens (tertiary/aromatic N) is 3. The van der Waals surface area contributed by atoms with Crippen LogP contribution in [0.3, 0.4) is 0 Å². The lowest BCUT2D eigenvalue weighted by atomic mass is 10.2. The fourth-order valence-electron chi connectivity index (χ4n) is 1.10. The van der Waals surface area contributed by atoms with Gasteiger partial charge in [-0.25, -0.2) is 0 Å². The quantitative estimate of drug-likeness (QED) is 0.425. The molecule has 5 nitrogen and oxygen atoms in total. The van der Waals surface area contributed by atoms with Crippen LogP contribution in [0.15, 0.2) is 6.33 Å². The van der Waals surface area contributed by atoms with Gasteiger partial charge in [0.1, 0.15) is 5.69 Å². The van der Waals surface area contributed by atoms with Gasteiger partial charge in [0.2, 0.25) is 6.33 Å². The average molecular weight is 204 g/mol. The van der Waals surface area contributed by atoms with Gasteiger partial charge in [-0.15, -0.1) is 11.6 Å². The molecule has 6 heteroatoms. The summed E-state index contributed by atoms with van der Waals surface area (Å²) >= 11 is 5.75. The number of alkyl halides is 1. The van der Waals surface area contributed by atoms with Crippen LogP contribution in [0.1, 0.15) is 12.6 Å². The molecule has 0 saturated carbocycles. The predicted octanol–water partition coefficient (Wildman–Crippen LogP) is 1.50. The zero-order chi connectivity index (χ0) is 10.0. The Kier molecular flexibility index (Phi) is 2.87. The fraction of sp³-hybridized carbons (Fsp3) is 0.571. The van der Waals surface area contributed by atoms with Crippen molar-refractivity contribution in [1.29, 1.82) is 0 Å². The Balaban J connectivity index is 3.01. The molecule has 1 unspecified atom stereocenters. The van der Waals surface area contributed by atoms with Crippen LogP contribution in [-0.2, 0) is 13.5 Å². The maximum atomic E-state index is 10.5. The Morgan fingerprint density at radius 2 is 2.46 bits per heavy atom. The number of imidazole rings is 1. The van der Waals surface area contributed by atoms with Crippen LogP contribution >= 0.6 is 11.6 Å². The third-order valence-corrected chi connectivity index (χ3v) is 1.84. The van der Waals surface area contributed by atoms with Crippen molar-refractivity contribution in [2.45, 2.75) is 18.7 Å². The molecule has 0 aromatic carbocycles. The van der Waals surface area contributed by atoms with E-state index in [2.05, 4.69) is 4.98 Å². The van der Waals surface area contributed by atoms with E-state index in [0.29, 0.717) is 12.1 Å². The average Bonchev–Trinajstić information content (AvgIpc) is 2.32. The predicted molar refractivity (Wildman–Crippen MR) is 48.9 cm³/mol. The zero-order valence-electron chi connectivity index (χ0n) is 7.40. The lowest BCUT2D eigenvalue weighted by Gasteiger charge is -2.02. The van der Waals surface area contributed by atoms with E-state index in [1.165, 1.54) is 6.33 Å². The third-order valence-electron chi connectivity index (χ3n) is 1.68. The van der Waals surface area contributed by atoms with Gasteiger partial charge < -0.3 is 14.7 Å². The summed E-state index contributed by atoms with van der Waals surface area (Å²) in [5, 5.41) is 10.4. The Morgan fingerprint density at radius 1 is 1.85 bits per heavy atom. The SMILES string of the molecule is CC(Cl)Cc1c([N+](=O)[O-])ncn1C. The van der Waals surface area contributed by atoms with Crippen LogP contribution in [-0.4, -0.2) is 19.9 Å². The second-order valence-electron chi connectivity index (χ2n) is 2.87. The van der Waals surface area contributed by atoms with E-state index >= 15 is 0 Å². The molecule has 0 spiro atoms. The standard InChI is InChI=1S/C7H10ClN3O2/c1-5(8)3-6-7(11(12)13)9-4-10(6)2/h4-5H,3H2,1-2H3. The first-order valence-electron chi connectivity index (χ1n) is 3.81. The van der Waals surface area contributed by atoms with Crippen LogP contribution in [0.2, 0.25) is 0 Å². The van der Waals surface area contributed by atoms with Crippen molar-refractivity contribution in [1.82, 2.24) is 9.55 Å². The maximum Gasteiger partial charge on any atom is 0.384 e. The first kappa shape index (κ1) is 9.98.